The van der Waals surface area contributed by atoms with Gasteiger partial charge in [-0.1, -0.05) is 0 Å². The third-order valence-electron chi connectivity index (χ3n) is 3.14. The summed E-state index contributed by atoms with van der Waals surface area (Å²) >= 11 is 0. The van der Waals surface area contributed by atoms with Crippen LogP contribution in [-0.4, -0.2) is 38.0 Å². The molecule has 5 nitrogen and oxygen atoms in total. The molecule has 0 unspecified atom stereocenters. The molecule has 1 aromatic carbocycles. The number of β-amino-alcohol motifs (C(OH)–C–C–N with tert-alkyl or cyclic N) is 1. The molecule has 0 atom stereocenters. The molecule has 1 aromatic rings. The first-order valence-corrected chi connectivity index (χ1v) is 7.29. The van der Waals surface area contributed by atoms with Gasteiger partial charge in [0.15, 0.2) is 0 Å². The molecular weight excluding hydrogens is 290 g/mol. The lowest BCUT2D eigenvalue weighted by molar-refractivity contribution is 0.0167. The van der Waals surface area contributed by atoms with E-state index in [0.717, 1.165) is 12.1 Å². The number of aliphatic hydroxyl groups is 1. The SMILES string of the molecule is N#CCC1(O)CN(c2ccc(S(=O)(=O)C(F)F)cc2)C1. The highest BCUT2D eigenvalue weighted by Gasteiger charge is 2.41. The van der Waals surface area contributed by atoms with Gasteiger partial charge in [-0.3, -0.25) is 0 Å². The van der Waals surface area contributed by atoms with Gasteiger partial charge in [-0.15, -0.1) is 0 Å². The van der Waals surface area contributed by atoms with Gasteiger partial charge < -0.3 is 10.0 Å². The molecule has 1 saturated heterocycles. The Morgan fingerprint density at radius 2 is 1.90 bits per heavy atom. The molecule has 8 heteroatoms. The first kappa shape index (κ1) is 14.7. The summed E-state index contributed by atoms with van der Waals surface area (Å²) in [7, 11) is -4.58. The monoisotopic (exact) mass is 302 g/mol. The van der Waals surface area contributed by atoms with Gasteiger partial charge in [0.2, 0.25) is 9.84 Å². The second kappa shape index (κ2) is 5.00. The van der Waals surface area contributed by atoms with Crippen LogP contribution >= 0.6 is 0 Å². The fourth-order valence-electron chi connectivity index (χ4n) is 2.06. The van der Waals surface area contributed by atoms with E-state index < -0.39 is 26.1 Å². The second-order valence-corrected chi connectivity index (χ2v) is 6.63. The van der Waals surface area contributed by atoms with Crippen molar-refractivity contribution in [3.8, 4) is 6.07 Å². The Kier molecular flexibility index (Phi) is 3.67. The zero-order valence-corrected chi connectivity index (χ0v) is 11.1. The van der Waals surface area contributed by atoms with Gasteiger partial charge in [0.1, 0.15) is 5.60 Å². The summed E-state index contributed by atoms with van der Waals surface area (Å²) in [5.41, 5.74) is -0.441. The highest BCUT2D eigenvalue weighted by molar-refractivity contribution is 7.91. The normalized spacial score (nSPS) is 17.6. The quantitative estimate of drug-likeness (QED) is 0.902. The predicted molar refractivity (Wildman–Crippen MR) is 67.0 cm³/mol. The first-order chi connectivity index (χ1) is 9.28. The molecule has 0 bridgehead atoms. The molecule has 0 spiro atoms. The third kappa shape index (κ3) is 2.59. The van der Waals surface area contributed by atoms with Gasteiger partial charge in [-0.25, -0.2) is 8.42 Å². The maximum Gasteiger partial charge on any atom is 0.341 e. The zero-order chi connectivity index (χ0) is 15.0. The van der Waals surface area contributed by atoms with Crippen LogP contribution in [0.4, 0.5) is 14.5 Å². The second-order valence-electron chi connectivity index (χ2n) is 4.71. The van der Waals surface area contributed by atoms with E-state index in [4.69, 9.17) is 5.26 Å². The maximum atomic E-state index is 12.4. The Hall–Kier alpha value is -1.72. The van der Waals surface area contributed by atoms with Gasteiger partial charge >= 0.3 is 5.76 Å². The zero-order valence-electron chi connectivity index (χ0n) is 10.3. The average molecular weight is 302 g/mol. The first-order valence-electron chi connectivity index (χ1n) is 5.75. The summed E-state index contributed by atoms with van der Waals surface area (Å²) in [6.45, 7) is 0.503. The molecule has 1 N–H and O–H groups in total. The number of hydrogen-bond donors (Lipinski definition) is 1. The molecule has 0 aliphatic carbocycles. The lowest BCUT2D eigenvalue weighted by Crippen LogP contribution is -2.61. The Bertz CT molecular complexity index is 632. The molecule has 20 heavy (non-hydrogen) atoms. The molecule has 0 saturated carbocycles. The summed E-state index contributed by atoms with van der Waals surface area (Å²) < 4.78 is 47.2. The summed E-state index contributed by atoms with van der Waals surface area (Å²) in [5.74, 6) is -3.45. The van der Waals surface area contributed by atoms with Crippen LogP contribution in [0.25, 0.3) is 0 Å². The number of sulfone groups is 1. The van der Waals surface area contributed by atoms with Crippen molar-refractivity contribution in [1.82, 2.24) is 0 Å². The van der Waals surface area contributed by atoms with E-state index in [9.17, 15) is 22.3 Å². The van der Waals surface area contributed by atoms with Crippen molar-refractivity contribution in [2.45, 2.75) is 22.7 Å². The summed E-state index contributed by atoms with van der Waals surface area (Å²) in [6, 6.07) is 6.91. The van der Waals surface area contributed by atoms with Crippen LogP contribution in [0.1, 0.15) is 6.42 Å². The van der Waals surface area contributed by atoms with Crippen LogP contribution in [0.3, 0.4) is 0 Å². The van der Waals surface area contributed by atoms with Crippen LogP contribution < -0.4 is 4.90 Å². The Balaban J connectivity index is 2.10. The minimum atomic E-state index is -4.58. The summed E-state index contributed by atoms with van der Waals surface area (Å²) in [4.78, 5) is 1.29. The predicted octanol–water partition coefficient (Wildman–Crippen LogP) is 1.15. The van der Waals surface area contributed by atoms with Gasteiger partial charge in [-0.05, 0) is 24.3 Å². The Morgan fingerprint density at radius 1 is 1.35 bits per heavy atom. The lowest BCUT2D eigenvalue weighted by atomic mass is 9.90. The lowest BCUT2D eigenvalue weighted by Gasteiger charge is -2.46. The average Bonchev–Trinajstić information content (AvgIpc) is 2.36. The largest absolute Gasteiger partial charge is 0.385 e. The van der Waals surface area contributed by atoms with Gasteiger partial charge in [0.25, 0.3) is 0 Å². The molecule has 1 aliphatic rings. The van der Waals surface area contributed by atoms with E-state index in [-0.39, 0.29) is 19.5 Å². The number of nitrogens with zero attached hydrogens (tertiary/aromatic N) is 2. The number of nitriles is 1. The number of anilines is 1. The van der Waals surface area contributed by atoms with Crippen molar-refractivity contribution in [2.75, 3.05) is 18.0 Å². The molecule has 108 valence electrons. The van der Waals surface area contributed by atoms with E-state index in [2.05, 4.69) is 0 Å². The van der Waals surface area contributed by atoms with E-state index >= 15 is 0 Å². The molecule has 0 radical (unpaired) electrons. The van der Waals surface area contributed by atoms with E-state index in [1.54, 1.807) is 4.90 Å². The van der Waals surface area contributed by atoms with Crippen molar-refractivity contribution in [2.24, 2.45) is 0 Å². The van der Waals surface area contributed by atoms with Gasteiger partial charge in [0.05, 0.1) is 17.4 Å². The fourth-order valence-corrected chi connectivity index (χ4v) is 2.78. The maximum absolute atomic E-state index is 12.4. The van der Waals surface area contributed by atoms with Crippen LogP contribution in [0.15, 0.2) is 29.2 Å². The molecule has 1 fully saturated rings. The van der Waals surface area contributed by atoms with Crippen molar-refractivity contribution >= 4 is 15.5 Å². The highest BCUT2D eigenvalue weighted by Crippen LogP contribution is 2.30. The molecule has 0 amide bonds. The smallest absolute Gasteiger partial charge is 0.341 e. The third-order valence-corrected chi connectivity index (χ3v) is 4.54. The van der Waals surface area contributed by atoms with Crippen molar-refractivity contribution < 1.29 is 22.3 Å². The van der Waals surface area contributed by atoms with E-state index in [1.807, 2.05) is 6.07 Å². The van der Waals surface area contributed by atoms with Crippen molar-refractivity contribution in [3.05, 3.63) is 24.3 Å². The van der Waals surface area contributed by atoms with Crippen LogP contribution in [0, 0.1) is 11.3 Å². The van der Waals surface area contributed by atoms with Crippen molar-refractivity contribution in [1.29, 1.82) is 5.26 Å². The summed E-state index contributed by atoms with van der Waals surface area (Å²) in [5, 5.41) is 18.4. The molecule has 2 rings (SSSR count). The number of alkyl halides is 2. The number of rotatable bonds is 4. The fraction of sp³-hybridized carbons (Fsp3) is 0.417. The van der Waals surface area contributed by atoms with Gasteiger partial charge in [0, 0.05) is 18.8 Å². The topological polar surface area (TPSA) is 81.4 Å². The minimum absolute atomic E-state index is 0.0152. The standard InChI is InChI=1S/C12H12F2N2O3S/c13-11(14)20(18,19)10-3-1-9(2-4-10)16-7-12(17,8-16)5-6-15/h1-4,11,17H,5,7-8H2. The minimum Gasteiger partial charge on any atom is -0.385 e. The van der Waals surface area contributed by atoms with Crippen LogP contribution in [-0.2, 0) is 9.84 Å². The Labute approximate surface area is 115 Å². The van der Waals surface area contributed by atoms with Crippen molar-refractivity contribution in [3.63, 3.8) is 0 Å². The molecule has 1 aliphatic heterocycles. The van der Waals surface area contributed by atoms with Crippen LogP contribution in [0.2, 0.25) is 0 Å². The highest BCUT2D eigenvalue weighted by atomic mass is 32.2. The van der Waals surface area contributed by atoms with Crippen LogP contribution in [0.5, 0.6) is 0 Å². The summed E-state index contributed by atoms with van der Waals surface area (Å²) in [6.07, 6.45) is 0.0152. The molecule has 1 heterocycles. The molecule has 0 aromatic heterocycles. The number of hydrogen-bond acceptors (Lipinski definition) is 5. The van der Waals surface area contributed by atoms with E-state index in [1.165, 1.54) is 12.1 Å². The Morgan fingerprint density at radius 3 is 2.35 bits per heavy atom. The molecular formula is C12H12F2N2O3S. The number of halogens is 2. The van der Waals surface area contributed by atoms with E-state index in [0.29, 0.717) is 5.69 Å². The van der Waals surface area contributed by atoms with Gasteiger partial charge in [-0.2, -0.15) is 14.0 Å². The number of benzene rings is 1.